The molecule has 0 fully saturated rings. The maximum Gasteiger partial charge on any atom is 0.242 e. The van der Waals surface area contributed by atoms with Crippen molar-refractivity contribution in [3.63, 3.8) is 0 Å². The van der Waals surface area contributed by atoms with Crippen LogP contribution in [0, 0.1) is 5.41 Å². The number of nitrogens with zero attached hydrogens (tertiary/aromatic N) is 1. The first-order chi connectivity index (χ1) is 10.8. The summed E-state index contributed by atoms with van der Waals surface area (Å²) in [4.78, 5) is 25.8. The Morgan fingerprint density at radius 3 is 2.57 bits per heavy atom. The molecule has 0 saturated heterocycles. The molecule has 1 aliphatic rings. The van der Waals surface area contributed by atoms with Gasteiger partial charge in [0.1, 0.15) is 0 Å². The highest BCUT2D eigenvalue weighted by Gasteiger charge is 2.23. The molecule has 0 aliphatic carbocycles. The van der Waals surface area contributed by atoms with Crippen molar-refractivity contribution in [3.8, 4) is 11.5 Å². The van der Waals surface area contributed by atoms with Crippen molar-refractivity contribution in [3.05, 3.63) is 23.8 Å². The molecule has 1 aromatic rings. The van der Waals surface area contributed by atoms with E-state index in [2.05, 4.69) is 5.32 Å². The summed E-state index contributed by atoms with van der Waals surface area (Å²) in [6.07, 6.45) is 0. The number of carbonyl (C=O) groups excluding carboxylic acids is 2. The molecule has 6 nitrogen and oxygen atoms in total. The van der Waals surface area contributed by atoms with E-state index < -0.39 is 5.41 Å². The molecule has 0 radical (unpaired) electrons. The first-order valence-electron chi connectivity index (χ1n) is 7.76. The molecule has 126 valence electrons. The number of hydrogen-bond acceptors (Lipinski definition) is 4. The smallest absolute Gasteiger partial charge is 0.242 e. The van der Waals surface area contributed by atoms with Crippen LogP contribution in [0.15, 0.2) is 18.2 Å². The Balaban J connectivity index is 1.94. The maximum absolute atomic E-state index is 12.3. The summed E-state index contributed by atoms with van der Waals surface area (Å²) in [5.41, 5.74) is 0.459. The molecular weight excluding hydrogens is 296 g/mol. The number of benzene rings is 1. The van der Waals surface area contributed by atoms with Crippen molar-refractivity contribution >= 4 is 11.8 Å². The second-order valence-corrected chi connectivity index (χ2v) is 6.53. The summed E-state index contributed by atoms with van der Waals surface area (Å²) in [5, 5.41) is 2.69. The summed E-state index contributed by atoms with van der Waals surface area (Å²) < 4.78 is 10.6. The number of carbonyl (C=O) groups is 2. The fourth-order valence-electron chi connectivity index (χ4n) is 2.17. The molecule has 0 aromatic heterocycles. The van der Waals surface area contributed by atoms with Gasteiger partial charge in [-0.2, -0.15) is 0 Å². The zero-order chi connectivity index (χ0) is 17.0. The van der Waals surface area contributed by atoms with Gasteiger partial charge in [0.15, 0.2) is 11.5 Å². The van der Waals surface area contributed by atoms with E-state index in [4.69, 9.17) is 9.47 Å². The number of fused-ring (bicyclic) bond motifs is 1. The van der Waals surface area contributed by atoms with Crippen LogP contribution in [-0.4, -0.2) is 36.6 Å². The number of amides is 2. The summed E-state index contributed by atoms with van der Waals surface area (Å²) in [5.74, 6) is 1.18. The van der Waals surface area contributed by atoms with Crippen LogP contribution in [0.25, 0.3) is 0 Å². The third kappa shape index (κ3) is 4.37. The Hall–Kier alpha value is -2.24. The van der Waals surface area contributed by atoms with Crippen molar-refractivity contribution in [1.29, 1.82) is 0 Å². The average molecular weight is 320 g/mol. The Morgan fingerprint density at radius 1 is 1.22 bits per heavy atom. The molecule has 1 heterocycles. The number of likely N-dealkylation sites (N-methyl/N-ethyl adjacent to an activating group) is 1. The molecule has 0 bridgehead atoms. The topological polar surface area (TPSA) is 67.9 Å². The van der Waals surface area contributed by atoms with Crippen molar-refractivity contribution < 1.29 is 19.1 Å². The standard InChI is InChI=1S/C17H24N2O4/c1-5-19(15(20)9-18-16(21)17(2,3)4)10-12-6-7-13-14(8-12)23-11-22-13/h6-8H,5,9-11H2,1-4H3,(H,18,21). The zero-order valence-corrected chi connectivity index (χ0v) is 14.1. The van der Waals surface area contributed by atoms with Gasteiger partial charge in [-0.15, -0.1) is 0 Å². The summed E-state index contributed by atoms with van der Waals surface area (Å²) in [7, 11) is 0. The van der Waals surface area contributed by atoms with Crippen LogP contribution in [0.4, 0.5) is 0 Å². The molecule has 2 rings (SSSR count). The molecule has 2 amide bonds. The lowest BCUT2D eigenvalue weighted by Gasteiger charge is -2.23. The van der Waals surface area contributed by atoms with E-state index in [-0.39, 0.29) is 25.2 Å². The predicted molar refractivity (Wildman–Crippen MR) is 86.1 cm³/mol. The van der Waals surface area contributed by atoms with Crippen molar-refractivity contribution in [2.75, 3.05) is 19.9 Å². The van der Waals surface area contributed by atoms with Crippen LogP contribution in [0.5, 0.6) is 11.5 Å². The quantitative estimate of drug-likeness (QED) is 0.900. The lowest BCUT2D eigenvalue weighted by Crippen LogP contribution is -2.43. The van der Waals surface area contributed by atoms with E-state index in [1.54, 1.807) is 4.90 Å². The highest BCUT2D eigenvalue weighted by Crippen LogP contribution is 2.32. The second-order valence-electron chi connectivity index (χ2n) is 6.53. The predicted octanol–water partition coefficient (Wildman–Crippen LogP) is 1.93. The van der Waals surface area contributed by atoms with E-state index in [9.17, 15) is 9.59 Å². The third-order valence-corrected chi connectivity index (χ3v) is 3.63. The molecule has 0 atom stereocenters. The van der Waals surface area contributed by atoms with Crippen LogP contribution in [0.1, 0.15) is 33.3 Å². The first-order valence-corrected chi connectivity index (χ1v) is 7.76. The summed E-state index contributed by atoms with van der Waals surface area (Å²) >= 11 is 0. The monoisotopic (exact) mass is 320 g/mol. The van der Waals surface area contributed by atoms with Gasteiger partial charge in [0.25, 0.3) is 0 Å². The summed E-state index contributed by atoms with van der Waals surface area (Å²) in [6, 6.07) is 5.64. The molecule has 0 saturated carbocycles. The van der Waals surface area contributed by atoms with Crippen LogP contribution in [0.2, 0.25) is 0 Å². The third-order valence-electron chi connectivity index (χ3n) is 3.63. The Labute approximate surface area is 136 Å². The second kappa shape index (κ2) is 6.89. The van der Waals surface area contributed by atoms with E-state index in [1.165, 1.54) is 0 Å². The van der Waals surface area contributed by atoms with Gasteiger partial charge in [-0.05, 0) is 24.6 Å². The van der Waals surface area contributed by atoms with Crippen molar-refractivity contribution in [2.45, 2.75) is 34.2 Å². The largest absolute Gasteiger partial charge is 0.454 e. The van der Waals surface area contributed by atoms with Gasteiger partial charge < -0.3 is 19.7 Å². The fourth-order valence-corrected chi connectivity index (χ4v) is 2.17. The molecule has 1 N–H and O–H groups in total. The van der Waals surface area contributed by atoms with Gasteiger partial charge >= 0.3 is 0 Å². The number of hydrogen-bond donors (Lipinski definition) is 1. The molecule has 23 heavy (non-hydrogen) atoms. The van der Waals surface area contributed by atoms with Crippen LogP contribution in [0.3, 0.4) is 0 Å². The lowest BCUT2D eigenvalue weighted by atomic mass is 9.96. The Bertz CT molecular complexity index is 593. The molecule has 6 heteroatoms. The minimum absolute atomic E-state index is 0.00843. The SMILES string of the molecule is CCN(Cc1ccc2c(c1)OCO2)C(=O)CNC(=O)C(C)(C)C. The molecule has 1 aliphatic heterocycles. The van der Waals surface area contributed by atoms with Gasteiger partial charge in [-0.25, -0.2) is 0 Å². The highest BCUT2D eigenvalue weighted by atomic mass is 16.7. The number of nitrogens with one attached hydrogen (secondary N) is 1. The zero-order valence-electron chi connectivity index (χ0n) is 14.1. The minimum Gasteiger partial charge on any atom is -0.454 e. The van der Waals surface area contributed by atoms with Gasteiger partial charge in [-0.3, -0.25) is 9.59 Å². The van der Waals surface area contributed by atoms with Crippen molar-refractivity contribution in [2.24, 2.45) is 5.41 Å². The number of ether oxygens (including phenoxy) is 2. The van der Waals surface area contributed by atoms with Crippen LogP contribution >= 0.6 is 0 Å². The maximum atomic E-state index is 12.3. The normalized spacial score (nSPS) is 12.9. The minimum atomic E-state index is -0.505. The molecule has 0 spiro atoms. The Kier molecular flexibility index (Phi) is 5.13. The van der Waals surface area contributed by atoms with Crippen LogP contribution in [-0.2, 0) is 16.1 Å². The van der Waals surface area contributed by atoms with Gasteiger partial charge in [-0.1, -0.05) is 26.8 Å². The van der Waals surface area contributed by atoms with E-state index >= 15 is 0 Å². The molecule has 1 aromatic carbocycles. The molecular formula is C17H24N2O4. The average Bonchev–Trinajstić information content (AvgIpc) is 2.96. The first kappa shape index (κ1) is 17.1. The van der Waals surface area contributed by atoms with E-state index in [1.807, 2.05) is 45.9 Å². The van der Waals surface area contributed by atoms with E-state index in [0.717, 1.165) is 11.3 Å². The van der Waals surface area contributed by atoms with Gasteiger partial charge in [0, 0.05) is 18.5 Å². The summed E-state index contributed by atoms with van der Waals surface area (Å²) in [6.45, 7) is 8.64. The lowest BCUT2D eigenvalue weighted by molar-refractivity contribution is -0.135. The van der Waals surface area contributed by atoms with Gasteiger partial charge in [0.05, 0.1) is 6.54 Å². The van der Waals surface area contributed by atoms with E-state index in [0.29, 0.717) is 18.8 Å². The number of rotatable bonds is 5. The Morgan fingerprint density at radius 2 is 1.91 bits per heavy atom. The van der Waals surface area contributed by atoms with Crippen molar-refractivity contribution in [1.82, 2.24) is 10.2 Å². The highest BCUT2D eigenvalue weighted by molar-refractivity contribution is 5.87. The van der Waals surface area contributed by atoms with Gasteiger partial charge in [0.2, 0.25) is 18.6 Å². The molecule has 0 unspecified atom stereocenters. The van der Waals surface area contributed by atoms with Crippen LogP contribution < -0.4 is 14.8 Å². The fraction of sp³-hybridized carbons (Fsp3) is 0.529.